The number of nitrogens with zero attached hydrogens (tertiary/aromatic N) is 2. The molecule has 2 aromatic rings. The monoisotopic (exact) mass is 298 g/mol. The number of benzene rings is 1. The summed E-state index contributed by atoms with van der Waals surface area (Å²) in [4.78, 5) is 28.9. The largest absolute Gasteiger partial charge is 0.462 e. The number of esters is 1. The van der Waals surface area contributed by atoms with Crippen LogP contribution in [0.2, 0.25) is 0 Å². The second-order valence-electron chi connectivity index (χ2n) is 5.32. The number of carbonyl (C=O) groups excluding carboxylic acids is 1. The van der Waals surface area contributed by atoms with Gasteiger partial charge in [0, 0.05) is 24.2 Å². The minimum absolute atomic E-state index is 0.000154. The Balaban J connectivity index is 2.17. The Kier molecular flexibility index (Phi) is 3.79. The van der Waals surface area contributed by atoms with E-state index in [-0.39, 0.29) is 23.6 Å². The van der Waals surface area contributed by atoms with E-state index in [1.807, 2.05) is 18.2 Å². The van der Waals surface area contributed by atoms with E-state index < -0.39 is 5.97 Å². The van der Waals surface area contributed by atoms with E-state index in [1.54, 1.807) is 11.5 Å². The lowest BCUT2D eigenvalue weighted by Crippen LogP contribution is -2.33. The number of ether oxygens (including phenoxy) is 1. The first kappa shape index (κ1) is 14.5. The molecule has 1 aliphatic heterocycles. The van der Waals surface area contributed by atoms with Crippen molar-refractivity contribution < 1.29 is 9.53 Å². The third-order valence-electron chi connectivity index (χ3n) is 4.08. The van der Waals surface area contributed by atoms with Gasteiger partial charge in [-0.3, -0.25) is 9.36 Å². The van der Waals surface area contributed by atoms with E-state index >= 15 is 0 Å². The number of carbonyl (C=O) groups is 1. The van der Waals surface area contributed by atoms with Gasteiger partial charge < -0.3 is 4.74 Å². The Morgan fingerprint density at radius 3 is 2.86 bits per heavy atom. The Morgan fingerprint density at radius 2 is 2.14 bits per heavy atom. The molecule has 3 rings (SSSR count). The van der Waals surface area contributed by atoms with Crippen molar-refractivity contribution in [2.24, 2.45) is 0 Å². The van der Waals surface area contributed by atoms with Crippen molar-refractivity contribution in [2.45, 2.75) is 32.7 Å². The van der Waals surface area contributed by atoms with E-state index in [0.717, 1.165) is 12.0 Å². The fraction of sp³-hybridized carbons (Fsp3) is 0.353. The van der Waals surface area contributed by atoms with Crippen LogP contribution < -0.4 is 5.56 Å². The first-order chi connectivity index (χ1) is 10.7. The molecule has 1 aromatic carbocycles. The lowest BCUT2D eigenvalue weighted by atomic mass is 9.88. The molecule has 0 N–H and O–H groups in total. The third kappa shape index (κ3) is 2.22. The zero-order valence-corrected chi connectivity index (χ0v) is 12.7. The first-order valence-corrected chi connectivity index (χ1v) is 7.53. The number of aromatic nitrogens is 2. The van der Waals surface area contributed by atoms with Crippen LogP contribution in [0.5, 0.6) is 0 Å². The Hall–Kier alpha value is -2.43. The van der Waals surface area contributed by atoms with Gasteiger partial charge in [-0.1, -0.05) is 31.2 Å². The van der Waals surface area contributed by atoms with Crippen molar-refractivity contribution in [2.75, 3.05) is 6.61 Å². The maximum atomic E-state index is 12.6. The minimum Gasteiger partial charge on any atom is -0.462 e. The highest BCUT2D eigenvalue weighted by atomic mass is 16.5. The molecule has 0 saturated carbocycles. The van der Waals surface area contributed by atoms with Crippen LogP contribution in [0.4, 0.5) is 0 Å². The Labute approximate surface area is 128 Å². The van der Waals surface area contributed by atoms with E-state index in [2.05, 4.69) is 18.0 Å². The quantitative estimate of drug-likeness (QED) is 0.817. The van der Waals surface area contributed by atoms with Gasteiger partial charge in [0.25, 0.3) is 5.56 Å². The Morgan fingerprint density at radius 1 is 1.36 bits per heavy atom. The Bertz CT molecular complexity index is 780. The highest BCUT2D eigenvalue weighted by molar-refractivity contribution is 5.88. The van der Waals surface area contributed by atoms with Crippen LogP contribution >= 0.6 is 0 Å². The van der Waals surface area contributed by atoms with Crippen LogP contribution in [0.15, 0.2) is 35.3 Å². The van der Waals surface area contributed by atoms with Gasteiger partial charge >= 0.3 is 5.97 Å². The van der Waals surface area contributed by atoms with Gasteiger partial charge in [0.1, 0.15) is 11.4 Å². The maximum Gasteiger partial charge on any atom is 0.345 e. The van der Waals surface area contributed by atoms with Crippen LogP contribution in [0.3, 0.4) is 0 Å². The molecule has 1 aromatic heterocycles. The van der Waals surface area contributed by atoms with Crippen LogP contribution in [-0.4, -0.2) is 22.1 Å². The second-order valence-corrected chi connectivity index (χ2v) is 5.32. The molecule has 0 amide bonds. The highest BCUT2D eigenvalue weighted by Gasteiger charge is 2.27. The van der Waals surface area contributed by atoms with Gasteiger partial charge in [-0.15, -0.1) is 0 Å². The zero-order chi connectivity index (χ0) is 15.7. The molecule has 2 heterocycles. The fourth-order valence-corrected chi connectivity index (χ4v) is 2.95. The maximum absolute atomic E-state index is 12.6. The summed E-state index contributed by atoms with van der Waals surface area (Å²) in [5, 5.41) is 0. The third-order valence-corrected chi connectivity index (χ3v) is 4.08. The van der Waals surface area contributed by atoms with E-state index in [1.165, 1.54) is 11.8 Å². The molecule has 1 aliphatic rings. The van der Waals surface area contributed by atoms with Crippen molar-refractivity contribution >= 4 is 5.97 Å². The van der Waals surface area contributed by atoms with Crippen LogP contribution in [0, 0.1) is 0 Å². The van der Waals surface area contributed by atoms with Crippen molar-refractivity contribution in [3.05, 3.63) is 51.9 Å². The minimum atomic E-state index is -0.609. The van der Waals surface area contributed by atoms with Gasteiger partial charge in [-0.25, -0.2) is 9.78 Å². The predicted molar refractivity (Wildman–Crippen MR) is 82.9 cm³/mol. The summed E-state index contributed by atoms with van der Waals surface area (Å²) in [5.74, 6) is 0.265. The summed E-state index contributed by atoms with van der Waals surface area (Å²) >= 11 is 0. The standard InChI is InChI=1S/C17H18N2O3/c1-3-11-10-19-15(13-8-6-5-7-12(11)13)18-9-14(16(19)20)17(21)22-4-2/h5-9,11H,3-4,10H2,1-2H3. The SMILES string of the molecule is CCOC(=O)c1cnc2n(c1=O)CC(CC)c1ccccc1-2. The van der Waals surface area contributed by atoms with Crippen molar-refractivity contribution in [3.63, 3.8) is 0 Å². The molecule has 0 spiro atoms. The molecule has 0 aliphatic carbocycles. The molecule has 1 atom stereocenters. The lowest BCUT2D eigenvalue weighted by Gasteiger charge is -2.27. The van der Waals surface area contributed by atoms with Gasteiger partial charge in [0.2, 0.25) is 0 Å². The van der Waals surface area contributed by atoms with Crippen molar-refractivity contribution in [1.29, 1.82) is 0 Å². The molecule has 0 fully saturated rings. The number of fused-ring (bicyclic) bond motifs is 3. The molecule has 114 valence electrons. The topological polar surface area (TPSA) is 61.2 Å². The fourth-order valence-electron chi connectivity index (χ4n) is 2.95. The van der Waals surface area contributed by atoms with Gasteiger partial charge in [-0.05, 0) is 18.9 Å². The van der Waals surface area contributed by atoms with Crippen LogP contribution in [0.1, 0.15) is 42.1 Å². The summed E-state index contributed by atoms with van der Waals surface area (Å²) in [6.07, 6.45) is 2.25. The van der Waals surface area contributed by atoms with Crippen molar-refractivity contribution in [3.8, 4) is 11.4 Å². The summed E-state index contributed by atoms with van der Waals surface area (Å²) in [5.41, 5.74) is 1.85. The van der Waals surface area contributed by atoms with E-state index in [4.69, 9.17) is 4.74 Å². The van der Waals surface area contributed by atoms with Crippen LogP contribution in [0.25, 0.3) is 11.4 Å². The van der Waals surface area contributed by atoms with Gasteiger partial charge in [0.15, 0.2) is 0 Å². The molecule has 0 saturated heterocycles. The molecular formula is C17H18N2O3. The van der Waals surface area contributed by atoms with E-state index in [0.29, 0.717) is 12.4 Å². The average Bonchev–Trinajstić information content (AvgIpc) is 2.54. The molecule has 0 bridgehead atoms. The smallest absolute Gasteiger partial charge is 0.345 e. The zero-order valence-electron chi connectivity index (χ0n) is 12.7. The summed E-state index contributed by atoms with van der Waals surface area (Å²) in [6, 6.07) is 7.99. The molecule has 5 heteroatoms. The molecular weight excluding hydrogens is 280 g/mol. The van der Waals surface area contributed by atoms with Crippen LogP contribution in [-0.2, 0) is 11.3 Å². The summed E-state index contributed by atoms with van der Waals surface area (Å²) < 4.78 is 6.53. The number of hydrogen-bond acceptors (Lipinski definition) is 4. The van der Waals surface area contributed by atoms with Gasteiger partial charge in [0.05, 0.1) is 6.61 Å². The summed E-state index contributed by atoms with van der Waals surface area (Å²) in [7, 11) is 0. The van der Waals surface area contributed by atoms with Gasteiger partial charge in [-0.2, -0.15) is 0 Å². The molecule has 22 heavy (non-hydrogen) atoms. The average molecular weight is 298 g/mol. The van der Waals surface area contributed by atoms with E-state index in [9.17, 15) is 9.59 Å². The predicted octanol–water partition coefficient (Wildman–Crippen LogP) is 2.59. The van der Waals surface area contributed by atoms with Crippen molar-refractivity contribution in [1.82, 2.24) is 9.55 Å². The summed E-state index contributed by atoms with van der Waals surface area (Å²) in [6.45, 7) is 4.59. The normalized spacial score (nSPS) is 15.8. The lowest BCUT2D eigenvalue weighted by molar-refractivity contribution is 0.0523. The molecule has 1 unspecified atom stereocenters. The first-order valence-electron chi connectivity index (χ1n) is 7.53. The second kappa shape index (κ2) is 5.75. The molecule has 5 nitrogen and oxygen atoms in total. The number of rotatable bonds is 3. The highest BCUT2D eigenvalue weighted by Crippen LogP contribution is 2.35. The number of hydrogen-bond donors (Lipinski definition) is 0. The molecule has 0 radical (unpaired) electrons.